The van der Waals surface area contributed by atoms with Crippen molar-refractivity contribution in [2.45, 2.75) is 0 Å². The average Bonchev–Trinajstić information content (AvgIpc) is 2.62. The highest BCUT2D eigenvalue weighted by Crippen LogP contribution is 2.13. The number of piperazine rings is 1. The molecule has 0 spiro atoms. The Labute approximate surface area is 150 Å². The number of nitrogens with one attached hydrogen (secondary N) is 1. The highest BCUT2D eigenvalue weighted by atomic mass is 79.9. The Balaban J connectivity index is 1.48. The Hall–Kier alpha value is -1.44. The molecular formula is C17H23BrN3O3+. The minimum absolute atomic E-state index is 0.0647. The van der Waals surface area contributed by atoms with E-state index in [0.717, 1.165) is 17.6 Å². The number of benzene rings is 1. The smallest absolute Gasteiger partial charge is 0.277 e. The Morgan fingerprint density at radius 2 is 1.79 bits per heavy atom. The van der Waals surface area contributed by atoms with Crippen LogP contribution in [0.1, 0.15) is 10.4 Å². The maximum absolute atomic E-state index is 12.5. The van der Waals surface area contributed by atoms with Crippen LogP contribution in [0.5, 0.6) is 0 Å². The van der Waals surface area contributed by atoms with Crippen molar-refractivity contribution in [2.75, 3.05) is 59.0 Å². The van der Waals surface area contributed by atoms with E-state index in [2.05, 4.69) is 15.9 Å². The first-order valence-corrected chi connectivity index (χ1v) is 9.17. The van der Waals surface area contributed by atoms with Gasteiger partial charge in [0, 0.05) is 23.1 Å². The summed E-state index contributed by atoms with van der Waals surface area (Å²) in [6, 6.07) is 7.48. The van der Waals surface area contributed by atoms with E-state index in [9.17, 15) is 9.59 Å². The zero-order valence-electron chi connectivity index (χ0n) is 13.7. The number of amides is 2. The van der Waals surface area contributed by atoms with Crippen LogP contribution < -0.4 is 4.90 Å². The van der Waals surface area contributed by atoms with Gasteiger partial charge in [-0.15, -0.1) is 0 Å². The molecule has 1 N–H and O–H groups in total. The zero-order valence-corrected chi connectivity index (χ0v) is 15.3. The second-order valence-electron chi connectivity index (χ2n) is 6.22. The minimum atomic E-state index is 0.0647. The molecule has 0 aromatic heterocycles. The summed E-state index contributed by atoms with van der Waals surface area (Å²) in [4.78, 5) is 29.9. The molecule has 3 rings (SSSR count). The number of carbonyl (C=O) groups excluding carboxylic acids is 2. The molecule has 130 valence electrons. The monoisotopic (exact) mass is 396 g/mol. The summed E-state index contributed by atoms with van der Waals surface area (Å²) in [6.45, 7) is 6.18. The molecule has 2 saturated heterocycles. The normalized spacial score (nSPS) is 19.4. The summed E-state index contributed by atoms with van der Waals surface area (Å²) in [5.41, 5.74) is 0.706. The van der Waals surface area contributed by atoms with Gasteiger partial charge in [-0.3, -0.25) is 9.59 Å². The van der Waals surface area contributed by atoms with Crippen LogP contribution in [-0.2, 0) is 9.53 Å². The molecule has 24 heavy (non-hydrogen) atoms. The van der Waals surface area contributed by atoms with Crippen molar-refractivity contribution < 1.29 is 19.2 Å². The minimum Gasteiger partial charge on any atom is -0.378 e. The Kier molecular flexibility index (Phi) is 5.86. The largest absolute Gasteiger partial charge is 0.378 e. The van der Waals surface area contributed by atoms with Crippen molar-refractivity contribution in [3.05, 3.63) is 34.3 Å². The number of quaternary nitrogens is 1. The first-order valence-electron chi connectivity index (χ1n) is 8.37. The molecule has 2 aliphatic heterocycles. The van der Waals surface area contributed by atoms with E-state index >= 15 is 0 Å². The molecule has 2 aliphatic rings. The topological polar surface area (TPSA) is 54.3 Å². The lowest BCUT2D eigenvalue weighted by Gasteiger charge is -2.33. The SMILES string of the molecule is O=C(C[NH+]1CCN(C(=O)c2cccc(Br)c2)CC1)N1CCOCC1. The Morgan fingerprint density at radius 3 is 2.46 bits per heavy atom. The second-order valence-corrected chi connectivity index (χ2v) is 7.14. The lowest BCUT2D eigenvalue weighted by Crippen LogP contribution is -3.15. The number of morpholine rings is 1. The van der Waals surface area contributed by atoms with Gasteiger partial charge in [0.2, 0.25) is 0 Å². The zero-order chi connectivity index (χ0) is 16.9. The number of nitrogens with zero attached hydrogens (tertiary/aromatic N) is 2. The van der Waals surface area contributed by atoms with E-state index in [-0.39, 0.29) is 11.8 Å². The van der Waals surface area contributed by atoms with Gasteiger partial charge in [0.15, 0.2) is 6.54 Å². The maximum atomic E-state index is 12.5. The molecule has 1 aromatic rings. The summed E-state index contributed by atoms with van der Waals surface area (Å²) in [5, 5.41) is 0. The van der Waals surface area contributed by atoms with Crippen molar-refractivity contribution in [1.82, 2.24) is 9.80 Å². The molecule has 2 amide bonds. The van der Waals surface area contributed by atoms with Crippen molar-refractivity contribution in [1.29, 1.82) is 0 Å². The molecule has 0 bridgehead atoms. The molecule has 7 heteroatoms. The fraction of sp³-hybridized carbons (Fsp3) is 0.529. The third kappa shape index (κ3) is 4.34. The van der Waals surface area contributed by atoms with E-state index in [1.165, 1.54) is 4.90 Å². The molecule has 0 radical (unpaired) electrons. The number of ether oxygens (including phenoxy) is 1. The van der Waals surface area contributed by atoms with Gasteiger partial charge in [0.25, 0.3) is 11.8 Å². The second kappa shape index (κ2) is 8.09. The highest BCUT2D eigenvalue weighted by molar-refractivity contribution is 9.10. The van der Waals surface area contributed by atoms with Crippen molar-refractivity contribution in [2.24, 2.45) is 0 Å². The lowest BCUT2D eigenvalue weighted by molar-refractivity contribution is -0.896. The van der Waals surface area contributed by atoms with Gasteiger partial charge in [-0.2, -0.15) is 0 Å². The van der Waals surface area contributed by atoms with Gasteiger partial charge < -0.3 is 19.4 Å². The first-order chi connectivity index (χ1) is 11.6. The summed E-state index contributed by atoms with van der Waals surface area (Å²) in [6.07, 6.45) is 0. The van der Waals surface area contributed by atoms with Gasteiger partial charge >= 0.3 is 0 Å². The van der Waals surface area contributed by atoms with E-state index in [1.807, 2.05) is 34.1 Å². The summed E-state index contributed by atoms with van der Waals surface area (Å²) in [5.74, 6) is 0.259. The molecule has 2 heterocycles. The van der Waals surface area contributed by atoms with Crippen LogP contribution in [-0.4, -0.2) is 80.6 Å². The van der Waals surface area contributed by atoms with Crippen molar-refractivity contribution in [3.8, 4) is 0 Å². The van der Waals surface area contributed by atoms with Gasteiger partial charge in [-0.1, -0.05) is 22.0 Å². The van der Waals surface area contributed by atoms with Crippen LogP contribution in [0, 0.1) is 0 Å². The molecule has 1 aromatic carbocycles. The average molecular weight is 397 g/mol. The summed E-state index contributed by atoms with van der Waals surface area (Å²) in [7, 11) is 0. The van der Waals surface area contributed by atoms with Crippen LogP contribution >= 0.6 is 15.9 Å². The Morgan fingerprint density at radius 1 is 1.08 bits per heavy atom. The predicted octanol–water partition coefficient (Wildman–Crippen LogP) is -0.351. The third-order valence-electron chi connectivity index (χ3n) is 4.59. The van der Waals surface area contributed by atoms with E-state index in [4.69, 9.17) is 4.74 Å². The fourth-order valence-corrected chi connectivity index (χ4v) is 3.54. The van der Waals surface area contributed by atoms with E-state index in [0.29, 0.717) is 51.5 Å². The van der Waals surface area contributed by atoms with Crippen molar-refractivity contribution >= 4 is 27.7 Å². The summed E-state index contributed by atoms with van der Waals surface area (Å²) < 4.78 is 6.19. The van der Waals surface area contributed by atoms with Crippen LogP contribution in [0.25, 0.3) is 0 Å². The quantitative estimate of drug-likeness (QED) is 0.759. The van der Waals surface area contributed by atoms with Crippen LogP contribution in [0.3, 0.4) is 0 Å². The number of rotatable bonds is 3. The standard InChI is InChI=1S/C17H22BrN3O3/c18-15-3-1-2-14(12-15)17(23)21-6-4-19(5-7-21)13-16(22)20-8-10-24-11-9-20/h1-3,12H,4-11,13H2/p+1. The molecular weight excluding hydrogens is 374 g/mol. The fourth-order valence-electron chi connectivity index (χ4n) is 3.15. The molecule has 0 aliphatic carbocycles. The molecule has 0 atom stereocenters. The lowest BCUT2D eigenvalue weighted by atomic mass is 10.2. The van der Waals surface area contributed by atoms with E-state index in [1.54, 1.807) is 0 Å². The Bertz CT molecular complexity index is 596. The van der Waals surface area contributed by atoms with Crippen LogP contribution in [0.4, 0.5) is 0 Å². The first kappa shape index (κ1) is 17.4. The predicted molar refractivity (Wildman–Crippen MR) is 93.0 cm³/mol. The number of halogens is 1. The van der Waals surface area contributed by atoms with Crippen LogP contribution in [0.15, 0.2) is 28.7 Å². The van der Waals surface area contributed by atoms with Crippen molar-refractivity contribution in [3.63, 3.8) is 0 Å². The van der Waals surface area contributed by atoms with Gasteiger partial charge in [-0.05, 0) is 18.2 Å². The highest BCUT2D eigenvalue weighted by Gasteiger charge is 2.28. The van der Waals surface area contributed by atoms with Gasteiger partial charge in [0.05, 0.1) is 39.4 Å². The number of hydrogen-bond donors (Lipinski definition) is 1. The van der Waals surface area contributed by atoms with Gasteiger partial charge in [0.1, 0.15) is 0 Å². The molecule has 2 fully saturated rings. The molecule has 0 saturated carbocycles. The number of carbonyl (C=O) groups is 2. The number of hydrogen-bond acceptors (Lipinski definition) is 3. The summed E-state index contributed by atoms with van der Waals surface area (Å²) >= 11 is 3.40. The molecule has 0 unspecified atom stereocenters. The maximum Gasteiger partial charge on any atom is 0.277 e. The third-order valence-corrected chi connectivity index (χ3v) is 5.09. The van der Waals surface area contributed by atoms with Crippen LogP contribution in [0.2, 0.25) is 0 Å². The van der Waals surface area contributed by atoms with Gasteiger partial charge in [-0.25, -0.2) is 0 Å². The molecule has 6 nitrogen and oxygen atoms in total. The van der Waals surface area contributed by atoms with E-state index < -0.39 is 0 Å².